The quantitative estimate of drug-likeness (QED) is 0.767. The topological polar surface area (TPSA) is 92.3 Å². The average molecular weight is 290 g/mol. The lowest BCUT2D eigenvalue weighted by Crippen LogP contribution is -2.61. The summed E-state index contributed by atoms with van der Waals surface area (Å²) in [7, 11) is 0. The van der Waals surface area contributed by atoms with E-state index in [1.807, 2.05) is 13.8 Å². The second-order valence-corrected chi connectivity index (χ2v) is 4.89. The average Bonchev–Trinajstić information content (AvgIpc) is 2.84. The second-order valence-electron chi connectivity index (χ2n) is 4.89. The molecule has 3 heterocycles. The minimum atomic E-state index is -1.02. The van der Waals surface area contributed by atoms with E-state index in [0.717, 1.165) is 0 Å². The van der Waals surface area contributed by atoms with Gasteiger partial charge >= 0.3 is 0 Å². The highest BCUT2D eigenvalue weighted by Crippen LogP contribution is 2.32. The highest BCUT2D eigenvalue weighted by atomic mass is 16.2. The first-order valence-corrected chi connectivity index (χ1v) is 6.98. The van der Waals surface area contributed by atoms with Crippen LogP contribution in [0.1, 0.15) is 49.8 Å². The van der Waals surface area contributed by atoms with E-state index in [9.17, 15) is 14.4 Å². The molecule has 2 aliphatic heterocycles. The standard InChI is InChI=1S/C12H12N4O3.C2H6/c1-12(3-2-8(17)15-11(12)19)16-6-7-9(10(16)18)14-5-4-13-7;1-2/h4-5H,2-3,6H2,1H3,(H,15,17,19);1-2H3. The van der Waals surface area contributed by atoms with Crippen LogP contribution in [0, 0.1) is 0 Å². The van der Waals surface area contributed by atoms with Crippen LogP contribution >= 0.6 is 0 Å². The van der Waals surface area contributed by atoms with Crippen molar-refractivity contribution in [3.05, 3.63) is 23.8 Å². The number of rotatable bonds is 1. The Morgan fingerprint density at radius 2 is 1.86 bits per heavy atom. The van der Waals surface area contributed by atoms with Gasteiger partial charge in [0.15, 0.2) is 5.69 Å². The number of piperidine rings is 1. The number of nitrogens with one attached hydrogen (secondary N) is 1. The Hall–Kier alpha value is -2.31. The SMILES string of the molecule is CC.CC1(N2Cc3nccnc3C2=O)CCC(=O)NC1=O. The van der Waals surface area contributed by atoms with E-state index >= 15 is 0 Å². The van der Waals surface area contributed by atoms with Gasteiger partial charge in [-0.25, -0.2) is 4.98 Å². The van der Waals surface area contributed by atoms with Gasteiger partial charge in [-0.15, -0.1) is 0 Å². The molecule has 3 rings (SSSR count). The minimum Gasteiger partial charge on any atom is -0.317 e. The first kappa shape index (κ1) is 15.1. The van der Waals surface area contributed by atoms with E-state index < -0.39 is 11.4 Å². The number of carbonyl (C=O) groups excluding carboxylic acids is 3. The van der Waals surface area contributed by atoms with E-state index in [2.05, 4.69) is 15.3 Å². The highest BCUT2D eigenvalue weighted by molar-refractivity contribution is 6.06. The molecule has 1 aromatic heterocycles. The molecular formula is C14H18N4O3. The van der Waals surface area contributed by atoms with E-state index in [1.165, 1.54) is 17.3 Å². The van der Waals surface area contributed by atoms with Crippen LogP contribution in [0.25, 0.3) is 0 Å². The predicted molar refractivity (Wildman–Crippen MR) is 74.0 cm³/mol. The maximum absolute atomic E-state index is 12.3. The molecule has 1 unspecified atom stereocenters. The molecule has 3 amide bonds. The summed E-state index contributed by atoms with van der Waals surface area (Å²) in [5, 5.41) is 2.28. The van der Waals surface area contributed by atoms with Gasteiger partial charge in [-0.3, -0.25) is 24.7 Å². The van der Waals surface area contributed by atoms with Crippen LogP contribution in [0.4, 0.5) is 0 Å². The molecule has 0 spiro atoms. The summed E-state index contributed by atoms with van der Waals surface area (Å²) in [5.74, 6) is -1.05. The van der Waals surface area contributed by atoms with Gasteiger partial charge < -0.3 is 4.90 Å². The maximum atomic E-state index is 12.3. The fourth-order valence-corrected chi connectivity index (χ4v) is 2.46. The summed E-state index contributed by atoms with van der Waals surface area (Å²) in [4.78, 5) is 45.1. The van der Waals surface area contributed by atoms with Crippen molar-refractivity contribution in [1.29, 1.82) is 0 Å². The molecule has 2 aliphatic rings. The van der Waals surface area contributed by atoms with Crippen LogP contribution in [-0.4, -0.2) is 38.1 Å². The summed E-state index contributed by atoms with van der Waals surface area (Å²) in [6.07, 6.45) is 3.51. The van der Waals surface area contributed by atoms with Crippen molar-refractivity contribution in [2.45, 2.75) is 45.7 Å². The Morgan fingerprint density at radius 3 is 2.48 bits per heavy atom. The van der Waals surface area contributed by atoms with Crippen molar-refractivity contribution in [2.75, 3.05) is 0 Å². The van der Waals surface area contributed by atoms with E-state index in [-0.39, 0.29) is 30.5 Å². The molecule has 0 radical (unpaired) electrons. The molecule has 0 saturated carbocycles. The normalized spacial score (nSPS) is 24.1. The van der Waals surface area contributed by atoms with E-state index in [1.54, 1.807) is 6.92 Å². The Bertz CT molecular complexity index is 602. The molecular weight excluding hydrogens is 272 g/mol. The fraction of sp³-hybridized carbons (Fsp3) is 0.500. The number of fused-ring (bicyclic) bond motifs is 1. The summed E-state index contributed by atoms with van der Waals surface area (Å²) in [6, 6.07) is 0. The van der Waals surface area contributed by atoms with Gasteiger partial charge in [-0.2, -0.15) is 0 Å². The lowest BCUT2D eigenvalue weighted by molar-refractivity contribution is -0.142. The second kappa shape index (κ2) is 5.59. The van der Waals surface area contributed by atoms with Crippen molar-refractivity contribution >= 4 is 17.7 Å². The molecule has 0 aliphatic carbocycles. The Kier molecular flexibility index (Phi) is 4.02. The number of aromatic nitrogens is 2. The lowest BCUT2D eigenvalue weighted by atomic mass is 9.89. The maximum Gasteiger partial charge on any atom is 0.275 e. The summed E-state index contributed by atoms with van der Waals surface area (Å²) >= 11 is 0. The van der Waals surface area contributed by atoms with Gasteiger partial charge in [-0.05, 0) is 13.3 Å². The molecule has 1 N–H and O–H groups in total. The summed E-state index contributed by atoms with van der Waals surface area (Å²) < 4.78 is 0. The van der Waals surface area contributed by atoms with Gasteiger partial charge in [0.05, 0.1) is 12.2 Å². The molecule has 1 aromatic rings. The first-order valence-electron chi connectivity index (χ1n) is 6.98. The molecule has 7 nitrogen and oxygen atoms in total. The van der Waals surface area contributed by atoms with Gasteiger partial charge in [-0.1, -0.05) is 13.8 Å². The number of hydrogen-bond donors (Lipinski definition) is 1. The number of nitrogens with zero attached hydrogens (tertiary/aromatic N) is 3. The van der Waals surface area contributed by atoms with Crippen molar-refractivity contribution in [2.24, 2.45) is 0 Å². The third-order valence-corrected chi connectivity index (χ3v) is 3.71. The molecule has 1 saturated heterocycles. The zero-order valence-electron chi connectivity index (χ0n) is 12.3. The van der Waals surface area contributed by atoms with Gasteiger partial charge in [0.25, 0.3) is 11.8 Å². The molecule has 1 atom stereocenters. The predicted octanol–water partition coefficient (Wildman–Crippen LogP) is 0.654. The van der Waals surface area contributed by atoms with Crippen molar-refractivity contribution < 1.29 is 14.4 Å². The minimum absolute atomic E-state index is 0.225. The highest BCUT2D eigenvalue weighted by Gasteiger charge is 2.49. The van der Waals surface area contributed by atoms with Gasteiger partial charge in [0.1, 0.15) is 5.54 Å². The molecule has 7 heteroatoms. The molecule has 0 bridgehead atoms. The third-order valence-electron chi connectivity index (χ3n) is 3.71. The largest absolute Gasteiger partial charge is 0.317 e. The van der Waals surface area contributed by atoms with Crippen molar-refractivity contribution in [3.63, 3.8) is 0 Å². The number of imide groups is 1. The van der Waals surface area contributed by atoms with Crippen LogP contribution in [0.2, 0.25) is 0 Å². The van der Waals surface area contributed by atoms with Crippen molar-refractivity contribution in [1.82, 2.24) is 20.2 Å². The van der Waals surface area contributed by atoms with Crippen LogP contribution < -0.4 is 5.32 Å². The van der Waals surface area contributed by atoms with E-state index in [4.69, 9.17) is 0 Å². The zero-order valence-corrected chi connectivity index (χ0v) is 12.3. The van der Waals surface area contributed by atoms with Gasteiger partial charge in [0.2, 0.25) is 5.91 Å². The number of hydrogen-bond acceptors (Lipinski definition) is 5. The summed E-state index contributed by atoms with van der Waals surface area (Å²) in [5.41, 5.74) is -0.167. The molecule has 1 fully saturated rings. The molecule has 21 heavy (non-hydrogen) atoms. The smallest absolute Gasteiger partial charge is 0.275 e. The van der Waals surface area contributed by atoms with Crippen LogP contribution in [0.15, 0.2) is 12.4 Å². The molecule has 0 aromatic carbocycles. The third kappa shape index (κ3) is 2.39. The fourth-order valence-electron chi connectivity index (χ4n) is 2.46. The van der Waals surface area contributed by atoms with Crippen molar-refractivity contribution in [3.8, 4) is 0 Å². The van der Waals surface area contributed by atoms with Crippen LogP contribution in [-0.2, 0) is 16.1 Å². The Labute approximate surface area is 122 Å². The Balaban J connectivity index is 0.000000774. The zero-order chi connectivity index (χ0) is 15.6. The first-order chi connectivity index (χ1) is 10.0. The van der Waals surface area contributed by atoms with Crippen LogP contribution in [0.5, 0.6) is 0 Å². The van der Waals surface area contributed by atoms with Gasteiger partial charge in [0, 0.05) is 18.8 Å². The number of amides is 3. The van der Waals surface area contributed by atoms with E-state index in [0.29, 0.717) is 12.1 Å². The number of carbonyl (C=O) groups is 3. The molecule has 112 valence electrons. The monoisotopic (exact) mass is 290 g/mol. The Morgan fingerprint density at radius 1 is 1.19 bits per heavy atom. The van der Waals surface area contributed by atoms with Crippen LogP contribution in [0.3, 0.4) is 0 Å². The lowest BCUT2D eigenvalue weighted by Gasteiger charge is -2.39. The summed E-state index contributed by atoms with van der Waals surface area (Å²) in [6.45, 7) is 5.92.